The summed E-state index contributed by atoms with van der Waals surface area (Å²) in [5.41, 5.74) is 1.29. The van der Waals surface area contributed by atoms with Gasteiger partial charge >= 0.3 is 0 Å². The largest absolute Gasteiger partial charge is 0.302 e. The Bertz CT molecular complexity index is 392. The molecule has 0 atom stereocenters. The summed E-state index contributed by atoms with van der Waals surface area (Å²) in [6.45, 7) is 5.40. The van der Waals surface area contributed by atoms with Crippen molar-refractivity contribution in [3.05, 3.63) is 23.9 Å². The van der Waals surface area contributed by atoms with E-state index in [4.69, 9.17) is 5.41 Å². The van der Waals surface area contributed by atoms with Gasteiger partial charge in [-0.1, -0.05) is 12.2 Å². The lowest BCUT2D eigenvalue weighted by Gasteiger charge is -2.10. The fourth-order valence-corrected chi connectivity index (χ4v) is 2.27. The Hall–Kier alpha value is -1.10. The van der Waals surface area contributed by atoms with Gasteiger partial charge in [0.15, 0.2) is 0 Å². The van der Waals surface area contributed by atoms with E-state index in [0.717, 1.165) is 9.88 Å². The summed E-state index contributed by atoms with van der Waals surface area (Å²) in [6.07, 6.45) is 1.60. The summed E-state index contributed by atoms with van der Waals surface area (Å²) < 4.78 is 23.7. The first-order valence-corrected chi connectivity index (χ1v) is 5.37. The third kappa shape index (κ3) is 1.80. The van der Waals surface area contributed by atoms with Gasteiger partial charge in [-0.05, 0) is 13.0 Å². The van der Waals surface area contributed by atoms with E-state index in [1.54, 1.807) is 13.0 Å². The Morgan fingerprint density at radius 1 is 1.69 bits per heavy atom. The van der Waals surface area contributed by atoms with Crippen LogP contribution in [0.1, 0.15) is 6.92 Å². The number of hydrogen-bond donors (Lipinski definition) is 1. The van der Waals surface area contributed by atoms with Crippen molar-refractivity contribution in [1.29, 1.82) is 5.41 Å². The van der Waals surface area contributed by atoms with E-state index in [1.807, 2.05) is 0 Å². The Morgan fingerprint density at radius 3 is 2.54 bits per heavy atom. The van der Waals surface area contributed by atoms with E-state index < -0.39 is 10.0 Å². The fraction of sp³-hybridized carbons (Fsp3) is 0.375. The molecule has 0 amide bonds. The molecule has 1 heterocycles. The second kappa shape index (κ2) is 2.99. The maximum Gasteiger partial charge on any atom is 0.240 e. The van der Waals surface area contributed by atoms with Crippen molar-refractivity contribution in [2.24, 2.45) is 0 Å². The van der Waals surface area contributed by atoms with E-state index in [0.29, 0.717) is 5.70 Å². The number of hydrogen-bond acceptors (Lipinski definition) is 3. The van der Waals surface area contributed by atoms with Crippen LogP contribution in [0.2, 0.25) is 0 Å². The summed E-state index contributed by atoms with van der Waals surface area (Å²) in [6, 6.07) is 0. The molecule has 1 aliphatic rings. The molecule has 1 saturated heterocycles. The van der Waals surface area contributed by atoms with Crippen LogP contribution in [-0.4, -0.2) is 31.2 Å². The monoisotopic (exact) mass is 200 g/mol. The second-order valence-electron chi connectivity index (χ2n) is 3.08. The molecular formula is C8H12N2O2S. The zero-order valence-electron chi connectivity index (χ0n) is 7.66. The average Bonchev–Trinajstić information content (AvgIpc) is 2.12. The summed E-state index contributed by atoms with van der Waals surface area (Å²) in [7, 11) is -1.82. The Balaban J connectivity index is 3.17. The van der Waals surface area contributed by atoms with Gasteiger partial charge in [-0.2, -0.15) is 0 Å². The molecule has 1 rings (SSSR count). The molecule has 1 N–H and O–H groups in total. The third-order valence-corrected chi connectivity index (χ3v) is 3.46. The van der Waals surface area contributed by atoms with E-state index in [2.05, 4.69) is 6.58 Å². The Morgan fingerprint density at radius 2 is 2.23 bits per heavy atom. The zero-order valence-corrected chi connectivity index (χ0v) is 8.48. The van der Waals surface area contributed by atoms with Crippen molar-refractivity contribution in [3.8, 4) is 0 Å². The van der Waals surface area contributed by atoms with Crippen LogP contribution in [0.25, 0.3) is 0 Å². The van der Waals surface area contributed by atoms with Crippen molar-refractivity contribution in [3.63, 3.8) is 0 Å². The average molecular weight is 200 g/mol. The molecule has 1 aliphatic heterocycles. The molecular weight excluding hydrogens is 188 g/mol. The SMILES string of the molecule is C=C(C)/C=C1\C(=N)CS(=O)(=O)N1C. The molecule has 72 valence electrons. The van der Waals surface area contributed by atoms with E-state index in [9.17, 15) is 8.42 Å². The molecule has 0 aromatic carbocycles. The number of nitrogens with one attached hydrogen (secondary N) is 1. The second-order valence-corrected chi connectivity index (χ2v) is 5.08. The molecule has 0 saturated carbocycles. The van der Waals surface area contributed by atoms with Crippen LogP contribution >= 0.6 is 0 Å². The topological polar surface area (TPSA) is 61.2 Å². The molecule has 0 aliphatic carbocycles. The molecule has 0 radical (unpaired) electrons. The highest BCUT2D eigenvalue weighted by molar-refractivity contribution is 7.90. The van der Waals surface area contributed by atoms with Gasteiger partial charge in [0.05, 0.1) is 11.4 Å². The predicted octanol–water partition coefficient (Wildman–Crippen LogP) is 0.741. The van der Waals surface area contributed by atoms with E-state index in [1.165, 1.54) is 7.05 Å². The molecule has 5 heteroatoms. The number of sulfonamides is 1. The fourth-order valence-electron chi connectivity index (χ4n) is 1.10. The van der Waals surface area contributed by atoms with Gasteiger partial charge in [0, 0.05) is 7.05 Å². The van der Waals surface area contributed by atoms with Gasteiger partial charge in [0.25, 0.3) is 0 Å². The van der Waals surface area contributed by atoms with Crippen LogP contribution in [-0.2, 0) is 10.0 Å². The van der Waals surface area contributed by atoms with Gasteiger partial charge in [0.2, 0.25) is 10.0 Å². The minimum absolute atomic E-state index is 0.130. The molecule has 13 heavy (non-hydrogen) atoms. The van der Waals surface area contributed by atoms with Gasteiger partial charge in [-0.25, -0.2) is 8.42 Å². The Kier molecular flexibility index (Phi) is 2.30. The van der Waals surface area contributed by atoms with Gasteiger partial charge in [-0.3, -0.25) is 4.31 Å². The summed E-state index contributed by atoms with van der Waals surface area (Å²) in [5, 5.41) is 7.46. The summed E-state index contributed by atoms with van der Waals surface area (Å²) in [5.74, 6) is -0.206. The van der Waals surface area contributed by atoms with Gasteiger partial charge in [-0.15, -0.1) is 0 Å². The molecule has 1 fully saturated rings. The predicted molar refractivity (Wildman–Crippen MR) is 52.2 cm³/mol. The van der Waals surface area contributed by atoms with Crippen LogP contribution < -0.4 is 0 Å². The first kappa shape index (κ1) is 9.98. The van der Waals surface area contributed by atoms with Crippen LogP contribution in [0.15, 0.2) is 23.9 Å². The van der Waals surface area contributed by atoms with E-state index in [-0.39, 0.29) is 11.5 Å². The molecule has 4 nitrogen and oxygen atoms in total. The standard InChI is InChI=1S/C8H12N2O2S/c1-6(2)4-8-7(9)5-13(11,12)10(8)3/h4,9H,1,5H2,2-3H3/b8-4+,9-7?. The van der Waals surface area contributed by atoms with Crippen molar-refractivity contribution >= 4 is 15.7 Å². The highest BCUT2D eigenvalue weighted by Crippen LogP contribution is 2.20. The van der Waals surface area contributed by atoms with Crippen molar-refractivity contribution < 1.29 is 8.42 Å². The molecule has 0 aromatic rings. The van der Waals surface area contributed by atoms with Crippen LogP contribution in [0, 0.1) is 5.41 Å². The summed E-state index contributed by atoms with van der Waals surface area (Å²) in [4.78, 5) is 0. The normalized spacial score (nSPS) is 24.0. The highest BCUT2D eigenvalue weighted by Gasteiger charge is 2.32. The maximum absolute atomic E-state index is 11.3. The number of rotatable bonds is 1. The first-order valence-electron chi connectivity index (χ1n) is 3.76. The lowest BCUT2D eigenvalue weighted by molar-refractivity contribution is 0.545. The molecule has 0 spiro atoms. The number of nitrogens with zero attached hydrogens (tertiary/aromatic N) is 1. The van der Waals surface area contributed by atoms with Crippen molar-refractivity contribution in [2.45, 2.75) is 6.92 Å². The third-order valence-electron chi connectivity index (χ3n) is 1.78. The van der Waals surface area contributed by atoms with Crippen LogP contribution in [0.3, 0.4) is 0 Å². The molecule has 0 unspecified atom stereocenters. The lowest BCUT2D eigenvalue weighted by atomic mass is 10.2. The van der Waals surface area contributed by atoms with Crippen molar-refractivity contribution in [1.82, 2.24) is 4.31 Å². The van der Waals surface area contributed by atoms with Gasteiger partial charge < -0.3 is 5.41 Å². The quantitative estimate of drug-likeness (QED) is 0.678. The minimum Gasteiger partial charge on any atom is -0.302 e. The lowest BCUT2D eigenvalue weighted by Crippen LogP contribution is -2.19. The summed E-state index contributed by atoms with van der Waals surface area (Å²) >= 11 is 0. The van der Waals surface area contributed by atoms with Gasteiger partial charge in [0.1, 0.15) is 5.75 Å². The minimum atomic E-state index is -3.27. The molecule has 0 bridgehead atoms. The highest BCUT2D eigenvalue weighted by atomic mass is 32.2. The van der Waals surface area contributed by atoms with Crippen molar-refractivity contribution in [2.75, 3.05) is 12.8 Å². The Labute approximate surface area is 78.1 Å². The van der Waals surface area contributed by atoms with E-state index >= 15 is 0 Å². The first-order chi connectivity index (χ1) is 5.84. The zero-order chi connectivity index (χ0) is 10.2. The number of allylic oxidation sites excluding steroid dienone is 3. The maximum atomic E-state index is 11.3. The van der Waals surface area contributed by atoms with Crippen LogP contribution in [0.4, 0.5) is 0 Å². The molecule has 0 aromatic heterocycles. The van der Waals surface area contributed by atoms with Crippen LogP contribution in [0.5, 0.6) is 0 Å². The smallest absolute Gasteiger partial charge is 0.240 e.